The van der Waals surface area contributed by atoms with E-state index in [0.29, 0.717) is 5.75 Å². The van der Waals surface area contributed by atoms with Crippen LogP contribution in [0, 0.1) is 5.82 Å². The van der Waals surface area contributed by atoms with Crippen molar-refractivity contribution < 1.29 is 22.3 Å². The van der Waals surface area contributed by atoms with E-state index in [0.717, 1.165) is 22.2 Å². The number of rotatable bonds is 8. The fraction of sp³-hybridized carbons (Fsp3) is 0.316. The second-order valence-electron chi connectivity index (χ2n) is 6.11. The maximum Gasteiger partial charge on any atom is 0.244 e. The van der Waals surface area contributed by atoms with Crippen molar-refractivity contribution in [3.63, 3.8) is 0 Å². The minimum atomic E-state index is -3.83. The lowest BCUT2D eigenvalue weighted by Crippen LogP contribution is -2.49. The van der Waals surface area contributed by atoms with Gasteiger partial charge in [0.05, 0.1) is 24.1 Å². The lowest BCUT2D eigenvalue weighted by Gasteiger charge is -2.30. The van der Waals surface area contributed by atoms with Crippen LogP contribution >= 0.6 is 11.6 Å². The average Bonchev–Trinajstić information content (AvgIpc) is 2.65. The Bertz CT molecular complexity index is 953. The molecule has 2 aromatic rings. The van der Waals surface area contributed by atoms with Gasteiger partial charge in [-0.15, -0.1) is 0 Å². The van der Waals surface area contributed by atoms with Gasteiger partial charge in [-0.1, -0.05) is 36.7 Å². The molecule has 6 nitrogen and oxygen atoms in total. The molecule has 1 atom stereocenters. The quantitative estimate of drug-likeness (QED) is 0.699. The van der Waals surface area contributed by atoms with Crippen LogP contribution < -0.4 is 14.4 Å². The van der Waals surface area contributed by atoms with Gasteiger partial charge in [-0.25, -0.2) is 12.8 Å². The Morgan fingerprint density at radius 1 is 1.29 bits per heavy atom. The van der Waals surface area contributed by atoms with E-state index >= 15 is 0 Å². The van der Waals surface area contributed by atoms with E-state index in [1.165, 1.54) is 19.2 Å². The van der Waals surface area contributed by atoms with Gasteiger partial charge in [-0.05, 0) is 30.7 Å². The van der Waals surface area contributed by atoms with Crippen molar-refractivity contribution in [2.75, 3.05) is 17.7 Å². The normalized spacial score (nSPS) is 12.3. The highest BCUT2D eigenvalue weighted by Gasteiger charge is 2.31. The van der Waals surface area contributed by atoms with Gasteiger partial charge in [0.25, 0.3) is 0 Å². The number of anilines is 1. The van der Waals surface area contributed by atoms with Crippen molar-refractivity contribution in [3.8, 4) is 5.75 Å². The van der Waals surface area contributed by atoms with E-state index in [2.05, 4.69) is 5.32 Å². The van der Waals surface area contributed by atoms with Crippen molar-refractivity contribution in [1.29, 1.82) is 0 Å². The molecule has 0 heterocycles. The highest BCUT2D eigenvalue weighted by molar-refractivity contribution is 7.92. The summed E-state index contributed by atoms with van der Waals surface area (Å²) < 4.78 is 44.5. The molecule has 1 N–H and O–H groups in total. The third kappa shape index (κ3) is 5.14. The molecule has 0 fully saturated rings. The maximum atomic E-state index is 13.5. The molecular formula is C19H22ClFN2O4S. The van der Waals surface area contributed by atoms with Gasteiger partial charge in [-0.3, -0.25) is 9.10 Å². The first-order chi connectivity index (χ1) is 13.2. The van der Waals surface area contributed by atoms with Gasteiger partial charge in [0, 0.05) is 12.1 Å². The van der Waals surface area contributed by atoms with Crippen molar-refractivity contribution in [2.24, 2.45) is 0 Å². The molecule has 0 saturated carbocycles. The first-order valence-corrected chi connectivity index (χ1v) is 10.8. The van der Waals surface area contributed by atoms with Gasteiger partial charge < -0.3 is 10.1 Å². The van der Waals surface area contributed by atoms with Crippen LogP contribution in [0.2, 0.25) is 5.02 Å². The van der Waals surface area contributed by atoms with E-state index in [1.54, 1.807) is 19.1 Å². The first-order valence-electron chi connectivity index (χ1n) is 8.53. The largest absolute Gasteiger partial charge is 0.496 e. The van der Waals surface area contributed by atoms with Gasteiger partial charge >= 0.3 is 0 Å². The Morgan fingerprint density at radius 2 is 1.96 bits per heavy atom. The number of methoxy groups -OCH3 is 1. The van der Waals surface area contributed by atoms with Crippen LogP contribution in [0.15, 0.2) is 42.5 Å². The third-order valence-corrected chi connectivity index (χ3v) is 5.60. The SMILES string of the molecule is CCC(C(=O)NCc1ccccc1OC)N(c1ccc(F)c(Cl)c1)S(C)(=O)=O. The molecule has 2 rings (SSSR count). The van der Waals surface area contributed by atoms with E-state index < -0.39 is 27.8 Å². The number of hydrogen-bond donors (Lipinski definition) is 1. The van der Waals surface area contributed by atoms with E-state index in [4.69, 9.17) is 16.3 Å². The summed E-state index contributed by atoms with van der Waals surface area (Å²) in [6.07, 6.45) is 1.19. The molecule has 0 radical (unpaired) electrons. The Hall–Kier alpha value is -2.32. The van der Waals surface area contributed by atoms with Crippen molar-refractivity contribution >= 4 is 33.2 Å². The van der Waals surface area contributed by atoms with E-state index in [-0.39, 0.29) is 23.7 Å². The second-order valence-corrected chi connectivity index (χ2v) is 8.38. The minimum Gasteiger partial charge on any atom is -0.496 e. The molecule has 0 aliphatic carbocycles. The molecule has 1 unspecified atom stereocenters. The topological polar surface area (TPSA) is 75.7 Å². The van der Waals surface area contributed by atoms with Crippen LogP contribution in [0.25, 0.3) is 0 Å². The van der Waals surface area contributed by atoms with Crippen molar-refractivity contribution in [1.82, 2.24) is 5.32 Å². The zero-order valence-electron chi connectivity index (χ0n) is 15.8. The standard InChI is InChI=1S/C19H22ClFN2O4S/c1-4-17(19(24)22-12-13-7-5-6-8-18(13)27-2)23(28(3,25)26)14-9-10-16(21)15(20)11-14/h5-11,17H,4,12H2,1-3H3,(H,22,24). The van der Waals surface area contributed by atoms with Gasteiger partial charge in [0.2, 0.25) is 15.9 Å². The van der Waals surface area contributed by atoms with Crippen LogP contribution in [-0.2, 0) is 21.4 Å². The minimum absolute atomic E-state index is 0.119. The van der Waals surface area contributed by atoms with Gasteiger partial charge in [-0.2, -0.15) is 0 Å². The summed E-state index contributed by atoms with van der Waals surface area (Å²) in [5.41, 5.74) is 0.872. The first kappa shape index (κ1) is 22.0. The molecule has 0 bridgehead atoms. The summed E-state index contributed by atoms with van der Waals surface area (Å²) in [4.78, 5) is 12.8. The van der Waals surface area contributed by atoms with E-state index in [9.17, 15) is 17.6 Å². The van der Waals surface area contributed by atoms with Crippen LogP contribution in [-0.4, -0.2) is 33.7 Å². The Labute approximate surface area is 169 Å². The lowest BCUT2D eigenvalue weighted by molar-refractivity contribution is -0.122. The molecule has 0 aliphatic rings. The number of amides is 1. The number of hydrogen-bond acceptors (Lipinski definition) is 4. The molecule has 0 aromatic heterocycles. The van der Waals surface area contributed by atoms with Crippen LogP contribution in [0.3, 0.4) is 0 Å². The molecule has 2 aromatic carbocycles. The van der Waals surface area contributed by atoms with Crippen molar-refractivity contribution in [2.45, 2.75) is 25.9 Å². The lowest BCUT2D eigenvalue weighted by atomic mass is 10.1. The maximum absolute atomic E-state index is 13.5. The smallest absolute Gasteiger partial charge is 0.244 e. The number of benzene rings is 2. The number of carbonyl (C=O) groups excluding carboxylic acids is 1. The molecule has 9 heteroatoms. The molecule has 152 valence electrons. The number of sulfonamides is 1. The van der Waals surface area contributed by atoms with E-state index in [1.807, 2.05) is 12.1 Å². The average molecular weight is 429 g/mol. The summed E-state index contributed by atoms with van der Waals surface area (Å²) in [6, 6.07) is 9.69. The predicted molar refractivity (Wildman–Crippen MR) is 108 cm³/mol. The number of ether oxygens (including phenoxy) is 1. The number of carbonyl (C=O) groups is 1. The summed E-state index contributed by atoms with van der Waals surface area (Å²) in [7, 11) is -2.31. The zero-order valence-corrected chi connectivity index (χ0v) is 17.3. The number of nitrogens with one attached hydrogen (secondary N) is 1. The summed E-state index contributed by atoms with van der Waals surface area (Å²) >= 11 is 5.80. The van der Waals surface area contributed by atoms with Gasteiger partial charge in [0.1, 0.15) is 17.6 Å². The monoisotopic (exact) mass is 428 g/mol. The number of para-hydroxylation sites is 1. The molecule has 0 aliphatic heterocycles. The number of halogens is 2. The molecule has 0 saturated heterocycles. The zero-order chi connectivity index (χ0) is 20.9. The van der Waals surface area contributed by atoms with Gasteiger partial charge in [0.15, 0.2) is 0 Å². The fourth-order valence-electron chi connectivity index (χ4n) is 2.83. The predicted octanol–water partition coefficient (Wildman–Crippen LogP) is 3.35. The third-order valence-electron chi connectivity index (χ3n) is 4.13. The molecule has 1 amide bonds. The highest BCUT2D eigenvalue weighted by atomic mass is 35.5. The van der Waals surface area contributed by atoms with Crippen LogP contribution in [0.5, 0.6) is 5.75 Å². The number of nitrogens with zero attached hydrogens (tertiary/aromatic N) is 1. The Balaban J connectivity index is 2.30. The molecule has 28 heavy (non-hydrogen) atoms. The second kappa shape index (κ2) is 9.25. The highest BCUT2D eigenvalue weighted by Crippen LogP contribution is 2.27. The fourth-order valence-corrected chi connectivity index (χ4v) is 4.21. The van der Waals surface area contributed by atoms with Crippen LogP contribution in [0.4, 0.5) is 10.1 Å². The summed E-state index contributed by atoms with van der Waals surface area (Å²) in [5.74, 6) is -0.548. The molecular weight excluding hydrogens is 407 g/mol. The Kier molecular flexibility index (Phi) is 7.26. The Morgan fingerprint density at radius 3 is 2.54 bits per heavy atom. The van der Waals surface area contributed by atoms with Crippen molar-refractivity contribution in [3.05, 3.63) is 58.9 Å². The van der Waals surface area contributed by atoms with Crippen LogP contribution in [0.1, 0.15) is 18.9 Å². The summed E-state index contributed by atoms with van der Waals surface area (Å²) in [5, 5.41) is 2.51. The summed E-state index contributed by atoms with van der Waals surface area (Å²) in [6.45, 7) is 1.86. The molecule has 0 spiro atoms.